The number of rotatable bonds is 6. The number of thiocarbonyl (C=S) groups is 1. The Morgan fingerprint density at radius 2 is 1.93 bits per heavy atom. The summed E-state index contributed by atoms with van der Waals surface area (Å²) in [6.45, 7) is 3.63. The SMILES string of the molecule is COc1cccc(C2NC(=S)N(C)C(C)=C2C(C)=O)c1OCc1ccc(F)cc1. The molecule has 0 aliphatic carbocycles. The number of nitrogens with one attached hydrogen (secondary N) is 1. The van der Waals surface area contributed by atoms with Crippen molar-refractivity contribution in [2.24, 2.45) is 0 Å². The van der Waals surface area contributed by atoms with Gasteiger partial charge >= 0.3 is 0 Å². The molecule has 0 fully saturated rings. The molecule has 1 unspecified atom stereocenters. The van der Waals surface area contributed by atoms with Gasteiger partial charge in [-0.1, -0.05) is 24.3 Å². The Morgan fingerprint density at radius 3 is 2.55 bits per heavy atom. The van der Waals surface area contributed by atoms with Crippen LogP contribution in [-0.2, 0) is 11.4 Å². The van der Waals surface area contributed by atoms with Gasteiger partial charge < -0.3 is 19.7 Å². The van der Waals surface area contributed by atoms with Gasteiger partial charge in [-0.05, 0) is 49.8 Å². The van der Waals surface area contributed by atoms with E-state index in [-0.39, 0.29) is 18.2 Å². The third-order valence-electron chi connectivity index (χ3n) is 4.97. The Kier molecular flexibility index (Phi) is 6.17. The molecule has 1 aliphatic heterocycles. The molecule has 0 amide bonds. The van der Waals surface area contributed by atoms with E-state index in [1.54, 1.807) is 30.2 Å². The van der Waals surface area contributed by atoms with Crippen LogP contribution in [0, 0.1) is 5.82 Å². The second-order valence-electron chi connectivity index (χ2n) is 6.79. The Labute approximate surface area is 175 Å². The van der Waals surface area contributed by atoms with Crippen LogP contribution < -0.4 is 14.8 Å². The van der Waals surface area contributed by atoms with Crippen LogP contribution in [0.5, 0.6) is 11.5 Å². The minimum Gasteiger partial charge on any atom is -0.493 e. The summed E-state index contributed by atoms with van der Waals surface area (Å²) in [4.78, 5) is 14.2. The quantitative estimate of drug-likeness (QED) is 0.717. The molecule has 1 atom stereocenters. The molecule has 5 nitrogen and oxygen atoms in total. The second kappa shape index (κ2) is 8.61. The highest BCUT2D eigenvalue weighted by Crippen LogP contribution is 2.40. The van der Waals surface area contributed by atoms with Gasteiger partial charge in [-0.15, -0.1) is 0 Å². The number of ketones is 1. The van der Waals surface area contributed by atoms with Gasteiger partial charge in [0.15, 0.2) is 22.4 Å². The maximum atomic E-state index is 13.2. The van der Waals surface area contributed by atoms with Crippen LogP contribution >= 0.6 is 12.2 Å². The highest BCUT2D eigenvalue weighted by atomic mass is 32.1. The van der Waals surface area contributed by atoms with E-state index in [1.165, 1.54) is 19.1 Å². The van der Waals surface area contributed by atoms with Crippen molar-refractivity contribution in [1.82, 2.24) is 10.2 Å². The predicted octanol–water partition coefficient (Wildman–Crippen LogP) is 4.14. The molecule has 2 aromatic carbocycles. The van der Waals surface area contributed by atoms with Crippen LogP contribution in [0.15, 0.2) is 53.7 Å². The van der Waals surface area contributed by atoms with Gasteiger partial charge in [0.1, 0.15) is 12.4 Å². The molecular weight excluding hydrogens is 391 g/mol. The van der Waals surface area contributed by atoms with Gasteiger partial charge in [-0.2, -0.15) is 0 Å². The van der Waals surface area contributed by atoms with Crippen molar-refractivity contribution in [3.05, 3.63) is 70.7 Å². The first-order chi connectivity index (χ1) is 13.8. The fraction of sp³-hybridized carbons (Fsp3) is 0.273. The number of hydrogen-bond acceptors (Lipinski definition) is 4. The molecule has 0 bridgehead atoms. The summed E-state index contributed by atoms with van der Waals surface area (Å²) in [5.41, 5.74) is 2.96. The lowest BCUT2D eigenvalue weighted by atomic mass is 9.92. The van der Waals surface area contributed by atoms with Crippen molar-refractivity contribution in [3.8, 4) is 11.5 Å². The summed E-state index contributed by atoms with van der Waals surface area (Å²) in [6, 6.07) is 11.2. The minimum atomic E-state index is -0.463. The molecule has 29 heavy (non-hydrogen) atoms. The van der Waals surface area contributed by atoms with Crippen LogP contribution in [-0.4, -0.2) is 30.0 Å². The molecule has 152 valence electrons. The molecule has 3 rings (SSSR count). The topological polar surface area (TPSA) is 50.8 Å². The molecule has 0 spiro atoms. The van der Waals surface area contributed by atoms with Crippen molar-refractivity contribution in [2.45, 2.75) is 26.5 Å². The zero-order valence-corrected chi connectivity index (χ0v) is 17.6. The predicted molar refractivity (Wildman–Crippen MR) is 113 cm³/mol. The average molecular weight is 415 g/mol. The number of halogens is 1. The number of carbonyl (C=O) groups excluding carboxylic acids is 1. The fourth-order valence-corrected chi connectivity index (χ4v) is 3.59. The molecule has 1 aliphatic rings. The van der Waals surface area contributed by atoms with Crippen molar-refractivity contribution in [3.63, 3.8) is 0 Å². The number of nitrogens with zero attached hydrogens (tertiary/aromatic N) is 1. The number of para-hydroxylation sites is 1. The van der Waals surface area contributed by atoms with Crippen molar-refractivity contribution < 1.29 is 18.7 Å². The number of ether oxygens (including phenoxy) is 2. The van der Waals surface area contributed by atoms with Gasteiger partial charge in [-0.3, -0.25) is 4.79 Å². The lowest BCUT2D eigenvalue weighted by Crippen LogP contribution is -2.45. The normalized spacial score (nSPS) is 16.5. The van der Waals surface area contributed by atoms with Crippen LogP contribution in [0.2, 0.25) is 0 Å². The zero-order chi connectivity index (χ0) is 21.1. The third-order valence-corrected chi connectivity index (χ3v) is 5.36. The summed E-state index contributed by atoms with van der Waals surface area (Å²) < 4.78 is 24.8. The maximum Gasteiger partial charge on any atom is 0.173 e. The number of hydrogen-bond donors (Lipinski definition) is 1. The molecular formula is C22H23FN2O3S. The monoisotopic (exact) mass is 414 g/mol. The first kappa shape index (κ1) is 20.8. The molecule has 0 saturated carbocycles. The Hall–Kier alpha value is -2.93. The first-order valence-corrected chi connectivity index (χ1v) is 9.54. The van der Waals surface area contributed by atoms with Crippen molar-refractivity contribution >= 4 is 23.1 Å². The number of methoxy groups -OCH3 is 1. The molecule has 0 saturated heterocycles. The summed E-state index contributed by atoms with van der Waals surface area (Å²) in [7, 11) is 3.38. The van der Waals surface area contributed by atoms with Gasteiger partial charge in [0, 0.05) is 23.9 Å². The smallest absolute Gasteiger partial charge is 0.173 e. The average Bonchev–Trinajstić information content (AvgIpc) is 2.70. The molecule has 0 aromatic heterocycles. The summed E-state index contributed by atoms with van der Waals surface area (Å²) in [6.07, 6.45) is 0. The summed E-state index contributed by atoms with van der Waals surface area (Å²) in [5.74, 6) is 0.691. The highest BCUT2D eigenvalue weighted by Gasteiger charge is 2.33. The maximum absolute atomic E-state index is 13.2. The number of benzene rings is 2. The molecule has 1 N–H and O–H groups in total. The molecule has 7 heteroatoms. The van der Waals surface area contributed by atoms with E-state index < -0.39 is 6.04 Å². The van der Waals surface area contributed by atoms with Crippen LogP contribution in [0.25, 0.3) is 0 Å². The van der Waals surface area contributed by atoms with Gasteiger partial charge in [0.05, 0.1) is 13.2 Å². The van der Waals surface area contributed by atoms with E-state index in [4.69, 9.17) is 21.7 Å². The van der Waals surface area contributed by atoms with Crippen LogP contribution in [0.3, 0.4) is 0 Å². The first-order valence-electron chi connectivity index (χ1n) is 9.13. The lowest BCUT2D eigenvalue weighted by molar-refractivity contribution is -0.114. The largest absolute Gasteiger partial charge is 0.493 e. The highest BCUT2D eigenvalue weighted by molar-refractivity contribution is 7.80. The van der Waals surface area contributed by atoms with E-state index in [9.17, 15) is 9.18 Å². The van der Waals surface area contributed by atoms with E-state index >= 15 is 0 Å². The Morgan fingerprint density at radius 1 is 1.24 bits per heavy atom. The second-order valence-corrected chi connectivity index (χ2v) is 7.18. The number of carbonyl (C=O) groups is 1. The van der Waals surface area contributed by atoms with E-state index in [1.807, 2.05) is 26.1 Å². The van der Waals surface area contributed by atoms with Crippen LogP contribution in [0.4, 0.5) is 4.39 Å². The summed E-state index contributed by atoms with van der Waals surface area (Å²) >= 11 is 5.44. The standard InChI is InChI=1S/C22H23FN2O3S/c1-13-19(14(2)26)20(24-22(29)25(13)3)17-6-5-7-18(27-4)21(17)28-12-15-8-10-16(23)11-9-15/h5-11,20H,12H2,1-4H3,(H,24,29). The molecule has 0 radical (unpaired) electrons. The van der Waals surface area contributed by atoms with Gasteiger partial charge in [0.25, 0.3) is 0 Å². The summed E-state index contributed by atoms with van der Waals surface area (Å²) in [5, 5.41) is 3.75. The number of allylic oxidation sites excluding steroid dienone is 1. The molecule has 2 aromatic rings. The van der Waals surface area contributed by atoms with Crippen LogP contribution in [0.1, 0.15) is 31.0 Å². The minimum absolute atomic E-state index is 0.0540. The molecule has 1 heterocycles. The van der Waals surface area contributed by atoms with Gasteiger partial charge in [0.2, 0.25) is 0 Å². The van der Waals surface area contributed by atoms with E-state index in [2.05, 4.69) is 5.32 Å². The fourth-order valence-electron chi connectivity index (χ4n) is 3.34. The third kappa shape index (κ3) is 4.24. The lowest BCUT2D eigenvalue weighted by Gasteiger charge is -2.36. The van der Waals surface area contributed by atoms with Crippen molar-refractivity contribution in [1.29, 1.82) is 0 Å². The zero-order valence-electron chi connectivity index (χ0n) is 16.8. The number of Topliss-reactive ketones (excluding diaryl/α,β-unsaturated/α-hetero) is 1. The van der Waals surface area contributed by atoms with E-state index in [0.29, 0.717) is 22.2 Å². The van der Waals surface area contributed by atoms with Crippen molar-refractivity contribution in [2.75, 3.05) is 14.2 Å². The van der Waals surface area contributed by atoms with E-state index in [0.717, 1.165) is 16.8 Å². The van der Waals surface area contributed by atoms with Gasteiger partial charge in [-0.25, -0.2) is 4.39 Å². The Bertz CT molecular complexity index is 973. The Balaban J connectivity index is 2.03.